The third-order valence-corrected chi connectivity index (χ3v) is 3.08. The van der Waals surface area contributed by atoms with Crippen molar-refractivity contribution in [2.24, 2.45) is 4.99 Å². The standard InChI is InChI=1S/C16H21F6N3O2/c1-3-23-14(24-7-6-15(17,18)19)25-9-11-4-5-12(13(8-11)26-2)27-10-16(20,21)22/h4-5,8H,3,6-7,9-10H2,1-2H3,(H2,23,24,25). The average Bonchev–Trinajstić information content (AvgIpc) is 2.56. The number of hydrogen-bond acceptors (Lipinski definition) is 3. The fraction of sp³-hybridized carbons (Fsp3) is 0.562. The lowest BCUT2D eigenvalue weighted by Crippen LogP contribution is -2.38. The highest BCUT2D eigenvalue weighted by atomic mass is 19.4. The Hall–Kier alpha value is -2.33. The van der Waals surface area contributed by atoms with Gasteiger partial charge >= 0.3 is 12.4 Å². The molecule has 1 rings (SSSR count). The number of aliphatic imine (C=N–C) groups is 1. The summed E-state index contributed by atoms with van der Waals surface area (Å²) in [7, 11) is 1.28. The Balaban J connectivity index is 2.75. The largest absolute Gasteiger partial charge is 0.493 e. The van der Waals surface area contributed by atoms with Gasteiger partial charge < -0.3 is 20.1 Å². The van der Waals surface area contributed by atoms with Gasteiger partial charge in [0.25, 0.3) is 0 Å². The second-order valence-electron chi connectivity index (χ2n) is 5.38. The van der Waals surface area contributed by atoms with E-state index in [0.29, 0.717) is 12.1 Å². The number of nitrogens with one attached hydrogen (secondary N) is 2. The number of halogens is 6. The summed E-state index contributed by atoms with van der Waals surface area (Å²) >= 11 is 0. The topological polar surface area (TPSA) is 54.9 Å². The molecule has 0 saturated carbocycles. The first-order chi connectivity index (χ1) is 12.5. The minimum Gasteiger partial charge on any atom is -0.493 e. The van der Waals surface area contributed by atoms with Crippen LogP contribution < -0.4 is 20.1 Å². The predicted octanol–water partition coefficient (Wildman–Crippen LogP) is 3.64. The Morgan fingerprint density at radius 2 is 1.74 bits per heavy atom. The van der Waals surface area contributed by atoms with Gasteiger partial charge in [-0.05, 0) is 24.6 Å². The van der Waals surface area contributed by atoms with E-state index in [1.54, 1.807) is 6.92 Å². The first-order valence-corrected chi connectivity index (χ1v) is 7.99. The van der Waals surface area contributed by atoms with E-state index in [0.717, 1.165) is 0 Å². The van der Waals surface area contributed by atoms with Crippen molar-refractivity contribution in [3.8, 4) is 11.5 Å². The zero-order chi connectivity index (χ0) is 20.5. The van der Waals surface area contributed by atoms with Crippen LogP contribution in [0.15, 0.2) is 23.2 Å². The highest BCUT2D eigenvalue weighted by Crippen LogP contribution is 2.30. The van der Waals surface area contributed by atoms with E-state index in [4.69, 9.17) is 4.74 Å². The van der Waals surface area contributed by atoms with Gasteiger partial charge in [0.15, 0.2) is 24.1 Å². The van der Waals surface area contributed by atoms with Gasteiger partial charge in [-0.3, -0.25) is 0 Å². The Labute approximate surface area is 152 Å². The third-order valence-electron chi connectivity index (χ3n) is 3.08. The summed E-state index contributed by atoms with van der Waals surface area (Å²) in [6, 6.07) is 4.27. The Bertz CT molecular complexity index is 617. The lowest BCUT2D eigenvalue weighted by molar-refractivity contribution is -0.153. The first-order valence-electron chi connectivity index (χ1n) is 7.99. The summed E-state index contributed by atoms with van der Waals surface area (Å²) in [6.07, 6.45) is -9.75. The zero-order valence-electron chi connectivity index (χ0n) is 14.8. The van der Waals surface area contributed by atoms with Gasteiger partial charge in [-0.15, -0.1) is 0 Å². The Kier molecular flexibility index (Phi) is 8.51. The minimum absolute atomic E-state index is 0.0715. The van der Waals surface area contributed by atoms with Gasteiger partial charge in [0.1, 0.15) is 0 Å². The van der Waals surface area contributed by atoms with Gasteiger partial charge in [0, 0.05) is 13.1 Å². The molecule has 0 aliphatic heterocycles. The van der Waals surface area contributed by atoms with Crippen molar-refractivity contribution in [2.45, 2.75) is 32.2 Å². The van der Waals surface area contributed by atoms with E-state index in [-0.39, 0.29) is 30.5 Å². The molecule has 0 unspecified atom stereocenters. The molecule has 154 valence electrons. The molecule has 0 aliphatic carbocycles. The number of methoxy groups -OCH3 is 1. The molecule has 0 spiro atoms. The van der Waals surface area contributed by atoms with E-state index >= 15 is 0 Å². The Morgan fingerprint density at radius 3 is 2.30 bits per heavy atom. The normalized spacial score (nSPS) is 12.7. The fourth-order valence-electron chi connectivity index (χ4n) is 1.92. The van der Waals surface area contributed by atoms with Crippen LogP contribution >= 0.6 is 0 Å². The van der Waals surface area contributed by atoms with Crippen LogP contribution in [0.3, 0.4) is 0 Å². The number of hydrogen-bond donors (Lipinski definition) is 2. The van der Waals surface area contributed by atoms with Crippen LogP contribution in [0.5, 0.6) is 11.5 Å². The van der Waals surface area contributed by atoms with E-state index in [9.17, 15) is 26.3 Å². The second-order valence-corrected chi connectivity index (χ2v) is 5.38. The van der Waals surface area contributed by atoms with Crippen LogP contribution in [0.25, 0.3) is 0 Å². The average molecular weight is 401 g/mol. The van der Waals surface area contributed by atoms with Crippen molar-refractivity contribution in [3.63, 3.8) is 0 Å². The fourth-order valence-corrected chi connectivity index (χ4v) is 1.92. The van der Waals surface area contributed by atoms with Crippen molar-refractivity contribution in [2.75, 3.05) is 26.8 Å². The lowest BCUT2D eigenvalue weighted by Gasteiger charge is -2.14. The molecule has 0 fully saturated rings. The quantitative estimate of drug-likeness (QED) is 0.397. The van der Waals surface area contributed by atoms with Crippen molar-refractivity contribution in [1.29, 1.82) is 0 Å². The maximum Gasteiger partial charge on any atom is 0.422 e. The van der Waals surface area contributed by atoms with Crippen molar-refractivity contribution < 1.29 is 35.8 Å². The lowest BCUT2D eigenvalue weighted by atomic mass is 10.2. The van der Waals surface area contributed by atoms with E-state index in [2.05, 4.69) is 20.4 Å². The molecule has 0 radical (unpaired) electrons. The molecule has 0 atom stereocenters. The monoisotopic (exact) mass is 401 g/mol. The van der Waals surface area contributed by atoms with Gasteiger partial charge in [0.2, 0.25) is 0 Å². The molecule has 0 bridgehead atoms. The summed E-state index contributed by atoms with van der Waals surface area (Å²) < 4.78 is 83.0. The van der Waals surface area contributed by atoms with E-state index in [1.807, 2.05) is 0 Å². The summed E-state index contributed by atoms with van der Waals surface area (Å²) in [5, 5.41) is 5.37. The number of ether oxygens (including phenoxy) is 2. The molecule has 0 heterocycles. The number of benzene rings is 1. The molecule has 5 nitrogen and oxygen atoms in total. The van der Waals surface area contributed by atoms with E-state index < -0.39 is 25.4 Å². The smallest absolute Gasteiger partial charge is 0.422 e. The van der Waals surface area contributed by atoms with Gasteiger partial charge in [-0.2, -0.15) is 26.3 Å². The SMILES string of the molecule is CCNC(=NCc1ccc(OCC(F)(F)F)c(OC)c1)NCCC(F)(F)F. The van der Waals surface area contributed by atoms with Crippen LogP contribution in [0.1, 0.15) is 18.9 Å². The van der Waals surface area contributed by atoms with Crippen molar-refractivity contribution in [1.82, 2.24) is 10.6 Å². The molecule has 0 aliphatic rings. The number of nitrogens with zero attached hydrogens (tertiary/aromatic N) is 1. The molecule has 1 aromatic rings. The van der Waals surface area contributed by atoms with Crippen molar-refractivity contribution in [3.05, 3.63) is 23.8 Å². The second kappa shape index (κ2) is 10.1. The van der Waals surface area contributed by atoms with Crippen molar-refractivity contribution >= 4 is 5.96 Å². The number of guanidine groups is 1. The number of rotatable bonds is 8. The van der Waals surface area contributed by atoms with Crippen LogP contribution in [0.4, 0.5) is 26.3 Å². The summed E-state index contributed by atoms with van der Waals surface area (Å²) in [6.45, 7) is 0.511. The highest BCUT2D eigenvalue weighted by Gasteiger charge is 2.29. The third kappa shape index (κ3) is 9.80. The molecule has 0 amide bonds. The van der Waals surface area contributed by atoms with Crippen LogP contribution in [0, 0.1) is 0 Å². The molecule has 2 N–H and O–H groups in total. The molecular formula is C16H21F6N3O2. The van der Waals surface area contributed by atoms with Gasteiger partial charge in [-0.1, -0.05) is 6.07 Å². The Morgan fingerprint density at radius 1 is 1.04 bits per heavy atom. The highest BCUT2D eigenvalue weighted by molar-refractivity contribution is 5.79. The number of alkyl halides is 6. The zero-order valence-corrected chi connectivity index (χ0v) is 14.8. The summed E-state index contributed by atoms with van der Waals surface area (Å²) in [5.41, 5.74) is 0.583. The molecule has 0 saturated heterocycles. The molecule has 0 aromatic heterocycles. The molecule has 1 aromatic carbocycles. The van der Waals surface area contributed by atoms with Crippen LogP contribution in [0.2, 0.25) is 0 Å². The van der Waals surface area contributed by atoms with Crippen LogP contribution in [-0.4, -0.2) is 45.1 Å². The van der Waals surface area contributed by atoms with E-state index in [1.165, 1.54) is 25.3 Å². The van der Waals surface area contributed by atoms with Gasteiger partial charge in [0.05, 0.1) is 20.1 Å². The molecule has 11 heteroatoms. The predicted molar refractivity (Wildman–Crippen MR) is 88.0 cm³/mol. The van der Waals surface area contributed by atoms with Gasteiger partial charge in [-0.25, -0.2) is 4.99 Å². The molecule has 27 heavy (non-hydrogen) atoms. The summed E-state index contributed by atoms with van der Waals surface area (Å²) in [5.74, 6) is 0.220. The minimum atomic E-state index is -4.48. The first kappa shape index (κ1) is 22.7. The summed E-state index contributed by atoms with van der Waals surface area (Å²) in [4.78, 5) is 4.14. The molecular weight excluding hydrogens is 380 g/mol. The van der Waals surface area contributed by atoms with Crippen LogP contribution in [-0.2, 0) is 6.54 Å². The maximum absolute atomic E-state index is 12.2. The maximum atomic E-state index is 12.2.